The molecule has 0 atom stereocenters. The van der Waals surface area contributed by atoms with E-state index in [1.165, 1.54) is 5.56 Å². The Balaban J connectivity index is 1.68. The lowest BCUT2D eigenvalue weighted by Gasteiger charge is -2.36. The first-order valence-corrected chi connectivity index (χ1v) is 9.49. The second kappa shape index (κ2) is 8.08. The van der Waals surface area contributed by atoms with E-state index in [-0.39, 0.29) is 11.9 Å². The lowest BCUT2D eigenvalue weighted by Crippen LogP contribution is -2.46. The molecule has 7 heteroatoms. The maximum atomic E-state index is 12.1. The molecule has 0 spiro atoms. The SMILES string of the molecule is Cc1ccnc(N2CCN(Cc3cn(C)nc3C)CC2)c1OC(=O)C(C)C. The van der Waals surface area contributed by atoms with Gasteiger partial charge in [0.05, 0.1) is 11.6 Å². The number of nitrogens with zero attached hydrogens (tertiary/aromatic N) is 5. The number of anilines is 1. The van der Waals surface area contributed by atoms with Crippen LogP contribution < -0.4 is 9.64 Å². The van der Waals surface area contributed by atoms with Gasteiger partial charge in [0.25, 0.3) is 0 Å². The van der Waals surface area contributed by atoms with Crippen molar-refractivity contribution in [3.8, 4) is 5.75 Å². The van der Waals surface area contributed by atoms with E-state index in [0.717, 1.165) is 49.8 Å². The fraction of sp³-hybridized carbons (Fsp3) is 0.550. The average molecular weight is 371 g/mol. The molecular formula is C20H29N5O2. The Morgan fingerprint density at radius 3 is 2.52 bits per heavy atom. The fourth-order valence-corrected chi connectivity index (χ4v) is 3.26. The molecular weight excluding hydrogens is 342 g/mol. The maximum absolute atomic E-state index is 12.1. The molecule has 0 aliphatic carbocycles. The lowest BCUT2D eigenvalue weighted by molar-refractivity contribution is -0.137. The zero-order valence-electron chi connectivity index (χ0n) is 16.9. The van der Waals surface area contributed by atoms with Crippen LogP contribution in [0.3, 0.4) is 0 Å². The monoisotopic (exact) mass is 371 g/mol. The Labute approximate surface area is 160 Å². The number of carbonyl (C=O) groups excluding carboxylic acids is 1. The van der Waals surface area contributed by atoms with Crippen LogP contribution in [0.25, 0.3) is 0 Å². The van der Waals surface area contributed by atoms with Crippen LogP contribution in [-0.4, -0.2) is 51.8 Å². The van der Waals surface area contributed by atoms with E-state index in [2.05, 4.69) is 33.0 Å². The minimum atomic E-state index is -0.224. The highest BCUT2D eigenvalue weighted by Gasteiger charge is 2.24. The van der Waals surface area contributed by atoms with Crippen LogP contribution in [0, 0.1) is 19.8 Å². The first-order chi connectivity index (χ1) is 12.8. The zero-order valence-corrected chi connectivity index (χ0v) is 16.9. The van der Waals surface area contributed by atoms with Gasteiger partial charge in [-0.15, -0.1) is 0 Å². The Kier molecular flexibility index (Phi) is 5.79. The Morgan fingerprint density at radius 1 is 1.22 bits per heavy atom. The van der Waals surface area contributed by atoms with Gasteiger partial charge in [-0.25, -0.2) is 4.98 Å². The molecule has 1 fully saturated rings. The number of hydrogen-bond acceptors (Lipinski definition) is 6. The van der Waals surface area contributed by atoms with Crippen LogP contribution in [0.15, 0.2) is 18.5 Å². The molecule has 1 aliphatic rings. The number of esters is 1. The van der Waals surface area contributed by atoms with Crippen molar-refractivity contribution < 1.29 is 9.53 Å². The van der Waals surface area contributed by atoms with E-state index >= 15 is 0 Å². The smallest absolute Gasteiger partial charge is 0.313 e. The molecule has 1 saturated heterocycles. The number of pyridine rings is 1. The number of carbonyl (C=O) groups is 1. The highest BCUT2D eigenvalue weighted by atomic mass is 16.5. The van der Waals surface area contributed by atoms with E-state index in [1.54, 1.807) is 6.20 Å². The molecule has 0 bridgehead atoms. The summed E-state index contributed by atoms with van der Waals surface area (Å²) >= 11 is 0. The number of rotatable bonds is 5. The Morgan fingerprint density at radius 2 is 1.93 bits per heavy atom. The summed E-state index contributed by atoms with van der Waals surface area (Å²) in [6, 6.07) is 1.88. The predicted molar refractivity (Wildman–Crippen MR) is 105 cm³/mol. The average Bonchev–Trinajstić information content (AvgIpc) is 2.94. The van der Waals surface area contributed by atoms with Crippen LogP contribution in [0.1, 0.15) is 30.7 Å². The van der Waals surface area contributed by atoms with Crippen molar-refractivity contribution in [3.63, 3.8) is 0 Å². The van der Waals surface area contributed by atoms with Crippen molar-refractivity contribution >= 4 is 11.8 Å². The molecule has 0 N–H and O–H groups in total. The van der Waals surface area contributed by atoms with E-state index in [9.17, 15) is 4.79 Å². The molecule has 0 unspecified atom stereocenters. The maximum Gasteiger partial charge on any atom is 0.313 e. The van der Waals surface area contributed by atoms with Crippen molar-refractivity contribution in [2.45, 2.75) is 34.2 Å². The van der Waals surface area contributed by atoms with E-state index < -0.39 is 0 Å². The molecule has 7 nitrogen and oxygen atoms in total. The summed E-state index contributed by atoms with van der Waals surface area (Å²) in [6.45, 7) is 12.2. The summed E-state index contributed by atoms with van der Waals surface area (Å²) in [7, 11) is 1.96. The summed E-state index contributed by atoms with van der Waals surface area (Å²) < 4.78 is 7.53. The number of aromatic nitrogens is 3. The molecule has 0 amide bonds. The summed E-state index contributed by atoms with van der Waals surface area (Å²) in [5, 5.41) is 4.42. The van der Waals surface area contributed by atoms with Gasteiger partial charge in [-0.2, -0.15) is 5.10 Å². The zero-order chi connectivity index (χ0) is 19.6. The van der Waals surface area contributed by atoms with Crippen molar-refractivity contribution in [2.24, 2.45) is 13.0 Å². The first kappa shape index (κ1) is 19.4. The molecule has 2 aromatic rings. The summed E-state index contributed by atoms with van der Waals surface area (Å²) in [5.74, 6) is 0.962. The van der Waals surface area contributed by atoms with Gasteiger partial charge in [-0.3, -0.25) is 14.4 Å². The van der Waals surface area contributed by atoms with Gasteiger partial charge in [-0.05, 0) is 25.5 Å². The fourth-order valence-electron chi connectivity index (χ4n) is 3.26. The highest BCUT2D eigenvalue weighted by Crippen LogP contribution is 2.31. The van der Waals surface area contributed by atoms with Crippen LogP contribution in [-0.2, 0) is 18.4 Å². The number of hydrogen-bond donors (Lipinski definition) is 0. The third-order valence-corrected chi connectivity index (χ3v) is 4.94. The van der Waals surface area contributed by atoms with Gasteiger partial charge in [0.1, 0.15) is 0 Å². The third-order valence-electron chi connectivity index (χ3n) is 4.94. The number of piperazine rings is 1. The van der Waals surface area contributed by atoms with E-state index in [4.69, 9.17) is 4.74 Å². The minimum Gasteiger partial charge on any atom is -0.422 e. The van der Waals surface area contributed by atoms with Gasteiger partial charge in [-0.1, -0.05) is 13.8 Å². The lowest BCUT2D eigenvalue weighted by atomic mass is 10.2. The molecule has 0 saturated carbocycles. The van der Waals surface area contributed by atoms with Crippen molar-refractivity contribution in [1.82, 2.24) is 19.7 Å². The van der Waals surface area contributed by atoms with Gasteiger partial charge >= 0.3 is 5.97 Å². The second-order valence-electron chi connectivity index (χ2n) is 7.53. The summed E-state index contributed by atoms with van der Waals surface area (Å²) in [6.07, 6.45) is 3.87. The molecule has 2 aromatic heterocycles. The first-order valence-electron chi connectivity index (χ1n) is 9.49. The second-order valence-corrected chi connectivity index (χ2v) is 7.53. The largest absolute Gasteiger partial charge is 0.422 e. The van der Waals surface area contributed by atoms with Crippen molar-refractivity contribution in [3.05, 3.63) is 35.3 Å². The van der Waals surface area contributed by atoms with Gasteiger partial charge in [0.2, 0.25) is 0 Å². The molecule has 0 radical (unpaired) electrons. The van der Waals surface area contributed by atoms with Gasteiger partial charge < -0.3 is 9.64 Å². The molecule has 0 aromatic carbocycles. The van der Waals surface area contributed by atoms with Crippen LogP contribution in [0.2, 0.25) is 0 Å². The normalized spacial score (nSPS) is 15.4. The molecule has 1 aliphatic heterocycles. The van der Waals surface area contributed by atoms with Crippen LogP contribution in [0.4, 0.5) is 5.82 Å². The van der Waals surface area contributed by atoms with Crippen molar-refractivity contribution in [1.29, 1.82) is 0 Å². The van der Waals surface area contributed by atoms with Crippen molar-refractivity contribution in [2.75, 3.05) is 31.1 Å². The number of aryl methyl sites for hydroxylation is 3. The topological polar surface area (TPSA) is 63.5 Å². The third kappa shape index (κ3) is 4.47. The minimum absolute atomic E-state index is 0.169. The van der Waals surface area contributed by atoms with Crippen LogP contribution >= 0.6 is 0 Å². The molecule has 27 heavy (non-hydrogen) atoms. The van der Waals surface area contributed by atoms with E-state index in [0.29, 0.717) is 5.75 Å². The van der Waals surface area contributed by atoms with Gasteiger partial charge in [0, 0.05) is 57.7 Å². The summed E-state index contributed by atoms with van der Waals surface area (Å²) in [5.41, 5.74) is 3.29. The Bertz CT molecular complexity index is 807. The predicted octanol–water partition coefficient (Wildman–Crippen LogP) is 2.32. The van der Waals surface area contributed by atoms with Gasteiger partial charge in [0.15, 0.2) is 11.6 Å². The highest BCUT2D eigenvalue weighted by molar-refractivity contribution is 5.76. The van der Waals surface area contributed by atoms with Crippen LogP contribution in [0.5, 0.6) is 5.75 Å². The number of ether oxygens (including phenoxy) is 1. The standard InChI is InChI=1S/C20H29N5O2/c1-14(2)20(26)27-18-15(3)6-7-21-19(18)25-10-8-24(9-11-25)13-17-12-23(5)22-16(17)4/h6-7,12,14H,8-11,13H2,1-5H3. The quantitative estimate of drug-likeness (QED) is 0.752. The molecule has 3 heterocycles. The Hall–Kier alpha value is -2.41. The molecule has 3 rings (SSSR count). The molecule has 146 valence electrons. The van der Waals surface area contributed by atoms with E-state index in [1.807, 2.05) is 38.6 Å². The summed E-state index contributed by atoms with van der Waals surface area (Å²) in [4.78, 5) is 21.3.